The Morgan fingerprint density at radius 3 is 2.54 bits per heavy atom. The maximum absolute atomic E-state index is 13.1. The van der Waals surface area contributed by atoms with Gasteiger partial charge in [0, 0.05) is 36.0 Å². The number of carbonyl (C=O) groups excluding carboxylic acids is 1. The van der Waals surface area contributed by atoms with Crippen LogP contribution in [0.4, 0.5) is 10.2 Å². The van der Waals surface area contributed by atoms with E-state index in [4.69, 9.17) is 0 Å². The number of carbonyl (C=O) groups is 1. The van der Waals surface area contributed by atoms with Gasteiger partial charge in [-0.15, -0.1) is 0 Å². The summed E-state index contributed by atoms with van der Waals surface area (Å²) in [6, 6.07) is 11.8. The van der Waals surface area contributed by atoms with Crippen LogP contribution in [0, 0.1) is 11.2 Å². The molecule has 0 amide bonds. The van der Waals surface area contributed by atoms with Gasteiger partial charge >= 0.3 is 0 Å². The van der Waals surface area contributed by atoms with Crippen molar-refractivity contribution < 1.29 is 9.18 Å². The lowest BCUT2D eigenvalue weighted by molar-refractivity contribution is 0.0752. The van der Waals surface area contributed by atoms with Crippen LogP contribution >= 0.6 is 0 Å². The number of rotatable bonds is 4. The first-order chi connectivity index (χ1) is 12.3. The first-order valence-electron chi connectivity index (χ1n) is 8.38. The lowest BCUT2D eigenvalue weighted by atomic mass is 9.96. The maximum Gasteiger partial charge on any atom is 0.254 e. The van der Waals surface area contributed by atoms with Crippen molar-refractivity contribution in [2.75, 3.05) is 5.32 Å². The summed E-state index contributed by atoms with van der Waals surface area (Å²) < 4.78 is 14.5. The summed E-state index contributed by atoms with van der Waals surface area (Å²) >= 11 is 0. The van der Waals surface area contributed by atoms with Crippen molar-refractivity contribution in [3.05, 3.63) is 66.2 Å². The molecule has 0 aliphatic rings. The molecule has 6 heteroatoms. The van der Waals surface area contributed by atoms with Gasteiger partial charge in [-0.05, 0) is 29.8 Å². The van der Waals surface area contributed by atoms with E-state index in [-0.39, 0.29) is 11.7 Å². The third-order valence-corrected chi connectivity index (χ3v) is 3.89. The average Bonchev–Trinajstić information content (AvgIpc) is 3.04. The largest absolute Gasteiger partial charge is 0.366 e. The molecule has 0 spiro atoms. The van der Waals surface area contributed by atoms with Gasteiger partial charge in [0.05, 0.1) is 5.69 Å². The van der Waals surface area contributed by atoms with E-state index in [1.807, 2.05) is 39.0 Å². The zero-order valence-corrected chi connectivity index (χ0v) is 15.0. The Morgan fingerprint density at radius 2 is 1.92 bits per heavy atom. The molecule has 2 heterocycles. The highest BCUT2D eigenvalue weighted by Gasteiger charge is 2.26. The molecule has 2 aromatic heterocycles. The summed E-state index contributed by atoms with van der Waals surface area (Å²) in [6.45, 7) is 6.01. The van der Waals surface area contributed by atoms with Crippen molar-refractivity contribution in [3.63, 3.8) is 0 Å². The highest BCUT2D eigenvalue weighted by molar-refractivity contribution is 5.87. The van der Waals surface area contributed by atoms with Gasteiger partial charge < -0.3 is 5.32 Å². The van der Waals surface area contributed by atoms with E-state index in [1.54, 1.807) is 24.5 Å². The second-order valence-corrected chi connectivity index (χ2v) is 7.10. The molecule has 0 aliphatic heterocycles. The Balaban J connectivity index is 1.92. The van der Waals surface area contributed by atoms with E-state index >= 15 is 0 Å². The number of benzene rings is 1. The molecule has 134 valence electrons. The molecule has 3 aromatic rings. The van der Waals surface area contributed by atoms with Crippen molar-refractivity contribution in [1.82, 2.24) is 14.8 Å². The lowest BCUT2D eigenvalue weighted by Crippen LogP contribution is -2.28. The van der Waals surface area contributed by atoms with Crippen LogP contribution in [0.2, 0.25) is 0 Å². The van der Waals surface area contributed by atoms with Gasteiger partial charge in [-0.25, -0.2) is 4.39 Å². The normalized spacial score (nSPS) is 11.4. The van der Waals surface area contributed by atoms with E-state index < -0.39 is 5.41 Å². The fraction of sp³-hybridized carbons (Fsp3) is 0.250. The number of hydrogen-bond donors (Lipinski definition) is 1. The van der Waals surface area contributed by atoms with E-state index in [0.29, 0.717) is 18.1 Å². The Hall–Kier alpha value is -3.02. The summed E-state index contributed by atoms with van der Waals surface area (Å²) in [5.74, 6) is 0.197. The molecule has 26 heavy (non-hydrogen) atoms. The van der Waals surface area contributed by atoms with Gasteiger partial charge in [-0.1, -0.05) is 32.9 Å². The molecule has 3 rings (SSSR count). The van der Waals surface area contributed by atoms with Gasteiger partial charge in [-0.2, -0.15) is 9.78 Å². The maximum atomic E-state index is 13.1. The van der Waals surface area contributed by atoms with E-state index in [9.17, 15) is 9.18 Å². The number of hydrogen-bond acceptors (Lipinski definition) is 4. The number of nitrogens with one attached hydrogen (secondary N) is 1. The predicted octanol–water partition coefficient (Wildman–Crippen LogP) is 4.38. The second-order valence-electron chi connectivity index (χ2n) is 7.10. The molecule has 0 aliphatic carbocycles. The van der Waals surface area contributed by atoms with Crippen LogP contribution in [0.5, 0.6) is 0 Å². The first-order valence-corrected chi connectivity index (χ1v) is 8.38. The predicted molar refractivity (Wildman–Crippen MR) is 99.3 cm³/mol. The zero-order chi connectivity index (χ0) is 18.7. The summed E-state index contributed by atoms with van der Waals surface area (Å²) in [5, 5.41) is 7.71. The first kappa shape index (κ1) is 17.8. The molecule has 0 bridgehead atoms. The molecule has 0 radical (unpaired) electrons. The van der Waals surface area contributed by atoms with Crippen molar-refractivity contribution in [2.24, 2.45) is 5.41 Å². The number of pyridine rings is 1. The molecule has 1 N–H and O–H groups in total. The minimum absolute atomic E-state index is 0.116. The van der Waals surface area contributed by atoms with Crippen molar-refractivity contribution in [1.29, 1.82) is 0 Å². The topological polar surface area (TPSA) is 59.8 Å². The van der Waals surface area contributed by atoms with Crippen LogP contribution in [-0.4, -0.2) is 20.7 Å². The smallest absolute Gasteiger partial charge is 0.254 e. The van der Waals surface area contributed by atoms with Crippen LogP contribution in [-0.2, 0) is 6.54 Å². The lowest BCUT2D eigenvalue weighted by Gasteiger charge is -2.18. The SMILES string of the molecule is CC(C)(C)C(=O)n1nc(-c2cccnc2)cc1NCc1ccc(F)cc1. The third kappa shape index (κ3) is 3.96. The summed E-state index contributed by atoms with van der Waals surface area (Å²) in [7, 11) is 0. The zero-order valence-electron chi connectivity index (χ0n) is 15.0. The minimum atomic E-state index is -0.579. The summed E-state index contributed by atoms with van der Waals surface area (Å²) in [6.07, 6.45) is 3.40. The standard InChI is InChI=1S/C20H21FN4O/c1-20(2,3)19(26)25-18(23-12-14-6-8-16(21)9-7-14)11-17(24-25)15-5-4-10-22-13-15/h4-11,13,23H,12H2,1-3H3. The van der Waals surface area contributed by atoms with Crippen molar-refractivity contribution in [2.45, 2.75) is 27.3 Å². The van der Waals surface area contributed by atoms with Crippen LogP contribution in [0.3, 0.4) is 0 Å². The van der Waals surface area contributed by atoms with E-state index in [0.717, 1.165) is 11.1 Å². The van der Waals surface area contributed by atoms with E-state index in [1.165, 1.54) is 16.8 Å². The van der Waals surface area contributed by atoms with Gasteiger partial charge in [0.25, 0.3) is 5.91 Å². The van der Waals surface area contributed by atoms with Gasteiger partial charge in [0.2, 0.25) is 0 Å². The number of nitrogens with zero attached hydrogens (tertiary/aromatic N) is 3. The van der Waals surface area contributed by atoms with Crippen LogP contribution in [0.1, 0.15) is 31.1 Å². The Labute approximate surface area is 151 Å². The van der Waals surface area contributed by atoms with Crippen LogP contribution in [0.25, 0.3) is 11.3 Å². The highest BCUT2D eigenvalue weighted by Crippen LogP contribution is 2.25. The van der Waals surface area contributed by atoms with Gasteiger partial charge in [0.1, 0.15) is 11.6 Å². The van der Waals surface area contributed by atoms with Crippen LogP contribution < -0.4 is 5.32 Å². The number of anilines is 1. The molecule has 0 saturated carbocycles. The summed E-state index contributed by atoms with van der Waals surface area (Å²) in [4.78, 5) is 16.9. The van der Waals surface area contributed by atoms with E-state index in [2.05, 4.69) is 15.4 Å². The fourth-order valence-electron chi connectivity index (χ4n) is 2.43. The molecule has 0 saturated heterocycles. The molecular formula is C20H21FN4O. The Morgan fingerprint density at radius 1 is 1.19 bits per heavy atom. The Kier molecular flexibility index (Phi) is 4.84. The average molecular weight is 352 g/mol. The minimum Gasteiger partial charge on any atom is -0.366 e. The molecule has 5 nitrogen and oxygen atoms in total. The Bertz CT molecular complexity index is 896. The second kappa shape index (κ2) is 7.07. The fourth-order valence-corrected chi connectivity index (χ4v) is 2.43. The van der Waals surface area contributed by atoms with Crippen LogP contribution in [0.15, 0.2) is 54.9 Å². The molecular weight excluding hydrogens is 331 g/mol. The number of halogens is 1. The number of aromatic nitrogens is 3. The van der Waals surface area contributed by atoms with Crippen molar-refractivity contribution >= 4 is 11.7 Å². The molecule has 1 aromatic carbocycles. The molecule has 0 atom stereocenters. The molecule has 0 unspecified atom stereocenters. The quantitative estimate of drug-likeness (QED) is 0.757. The monoisotopic (exact) mass is 352 g/mol. The van der Waals surface area contributed by atoms with Gasteiger partial charge in [0.15, 0.2) is 0 Å². The third-order valence-electron chi connectivity index (χ3n) is 3.89. The highest BCUT2D eigenvalue weighted by atomic mass is 19.1. The van der Waals surface area contributed by atoms with Crippen molar-refractivity contribution in [3.8, 4) is 11.3 Å². The molecule has 0 fully saturated rings. The summed E-state index contributed by atoms with van der Waals surface area (Å²) in [5.41, 5.74) is 1.82. The van der Waals surface area contributed by atoms with Gasteiger partial charge in [-0.3, -0.25) is 9.78 Å².